The number of hydrogen-bond donors (Lipinski definition) is 0. The lowest BCUT2D eigenvalue weighted by Crippen LogP contribution is -2.36. The fourth-order valence-electron chi connectivity index (χ4n) is 3.95. The molecule has 1 amide bonds. The predicted octanol–water partition coefficient (Wildman–Crippen LogP) is 3.43. The molecular weight excluding hydrogens is 388 g/mol. The van der Waals surface area contributed by atoms with Crippen molar-refractivity contribution in [2.24, 2.45) is 0 Å². The van der Waals surface area contributed by atoms with Gasteiger partial charge in [0.25, 0.3) is 0 Å². The van der Waals surface area contributed by atoms with E-state index >= 15 is 0 Å². The molecule has 1 fully saturated rings. The quantitative estimate of drug-likeness (QED) is 0.622. The van der Waals surface area contributed by atoms with Crippen molar-refractivity contribution in [3.8, 4) is 11.1 Å². The van der Waals surface area contributed by atoms with E-state index in [2.05, 4.69) is 12.6 Å². The van der Waals surface area contributed by atoms with Crippen molar-refractivity contribution in [2.75, 3.05) is 42.6 Å². The number of carbonyl (C=O) groups is 1. The highest BCUT2D eigenvalue weighted by atomic mass is 32.1. The third-order valence-corrected chi connectivity index (χ3v) is 6.46. The third kappa shape index (κ3) is 3.07. The maximum atomic E-state index is 12.7. The van der Waals surface area contributed by atoms with E-state index in [0.717, 1.165) is 28.8 Å². The monoisotopic (exact) mass is 408 g/mol. The van der Waals surface area contributed by atoms with Crippen LogP contribution in [0.4, 0.5) is 11.6 Å². The second-order valence-corrected chi connectivity index (χ2v) is 8.02. The highest BCUT2D eigenvalue weighted by Crippen LogP contribution is 2.38. The Hall–Kier alpha value is -2.90. The Kier molecular flexibility index (Phi) is 4.49. The molecule has 5 rings (SSSR count). The number of fused-ring (bicyclic) bond motifs is 2. The Morgan fingerprint density at radius 2 is 2.00 bits per heavy atom. The maximum absolute atomic E-state index is 12.7. The summed E-state index contributed by atoms with van der Waals surface area (Å²) in [6, 6.07) is 7.66. The summed E-state index contributed by atoms with van der Waals surface area (Å²) >= 11 is 1.39. The fraction of sp³-hybridized carbons (Fsp3) is 0.273. The van der Waals surface area contributed by atoms with E-state index in [9.17, 15) is 9.59 Å². The molecule has 0 unspecified atom stereocenters. The number of carbonyl (C=O) groups excluding carboxylic acids is 1. The van der Waals surface area contributed by atoms with Gasteiger partial charge in [-0.2, -0.15) is 0 Å². The molecule has 148 valence electrons. The lowest BCUT2D eigenvalue weighted by molar-refractivity contribution is -0.114. The summed E-state index contributed by atoms with van der Waals surface area (Å²) in [6.45, 7) is 6.90. The molecule has 0 radical (unpaired) electrons. The number of amides is 1. The molecule has 29 heavy (non-hydrogen) atoms. The van der Waals surface area contributed by atoms with E-state index in [-0.39, 0.29) is 11.3 Å². The van der Waals surface area contributed by atoms with Crippen LogP contribution in [-0.4, -0.2) is 38.8 Å². The van der Waals surface area contributed by atoms with Gasteiger partial charge in [0.1, 0.15) is 4.70 Å². The number of benzene rings is 1. The third-order valence-electron chi connectivity index (χ3n) is 5.49. The van der Waals surface area contributed by atoms with Crippen molar-refractivity contribution in [3.05, 3.63) is 58.1 Å². The molecule has 0 aliphatic carbocycles. The van der Waals surface area contributed by atoms with Crippen LogP contribution in [-0.2, 0) is 16.0 Å². The Bertz CT molecular complexity index is 1170. The van der Waals surface area contributed by atoms with Gasteiger partial charge in [0, 0.05) is 42.3 Å². The molecule has 4 heterocycles. The first-order valence-electron chi connectivity index (χ1n) is 9.61. The summed E-state index contributed by atoms with van der Waals surface area (Å²) in [5.41, 5.74) is 4.41. The molecule has 0 saturated carbocycles. The van der Waals surface area contributed by atoms with Crippen molar-refractivity contribution >= 4 is 39.1 Å². The zero-order valence-corrected chi connectivity index (χ0v) is 16.7. The Balaban J connectivity index is 1.61. The second-order valence-electron chi connectivity index (χ2n) is 7.14. The summed E-state index contributed by atoms with van der Waals surface area (Å²) in [7, 11) is 0. The molecule has 2 aliphatic rings. The minimum absolute atomic E-state index is 0.0337. The Morgan fingerprint density at radius 1 is 1.17 bits per heavy atom. The van der Waals surface area contributed by atoms with Gasteiger partial charge in [-0.25, -0.2) is 0 Å². The zero-order valence-electron chi connectivity index (χ0n) is 15.8. The fourth-order valence-corrected chi connectivity index (χ4v) is 4.87. The lowest BCUT2D eigenvalue weighted by Gasteiger charge is -2.27. The number of nitrogens with zero attached hydrogens (tertiary/aromatic N) is 2. The van der Waals surface area contributed by atoms with Gasteiger partial charge in [0.15, 0.2) is 11.5 Å². The van der Waals surface area contributed by atoms with E-state index in [0.29, 0.717) is 49.0 Å². The van der Waals surface area contributed by atoms with Crippen LogP contribution in [0.3, 0.4) is 0 Å². The van der Waals surface area contributed by atoms with Crippen molar-refractivity contribution in [1.29, 1.82) is 0 Å². The molecule has 0 spiro atoms. The Morgan fingerprint density at radius 3 is 2.79 bits per heavy atom. The van der Waals surface area contributed by atoms with Gasteiger partial charge < -0.3 is 19.0 Å². The molecule has 0 N–H and O–H groups in total. The summed E-state index contributed by atoms with van der Waals surface area (Å²) in [5.74, 6) is 0.479. The normalized spacial score (nSPS) is 16.3. The van der Waals surface area contributed by atoms with Crippen LogP contribution in [0.1, 0.15) is 5.56 Å². The first kappa shape index (κ1) is 18.1. The van der Waals surface area contributed by atoms with Crippen LogP contribution in [0.2, 0.25) is 0 Å². The van der Waals surface area contributed by atoms with E-state index in [4.69, 9.17) is 9.15 Å². The first-order chi connectivity index (χ1) is 14.2. The number of anilines is 2. The van der Waals surface area contributed by atoms with Gasteiger partial charge >= 0.3 is 0 Å². The van der Waals surface area contributed by atoms with Gasteiger partial charge in [-0.3, -0.25) is 9.59 Å². The van der Waals surface area contributed by atoms with E-state index in [1.165, 1.54) is 17.4 Å². The smallest absolute Gasteiger partial charge is 0.250 e. The molecule has 0 atom stereocenters. The molecule has 2 aliphatic heterocycles. The molecule has 6 nitrogen and oxygen atoms in total. The van der Waals surface area contributed by atoms with Crippen LogP contribution >= 0.6 is 11.3 Å². The number of morpholine rings is 1. The van der Waals surface area contributed by atoms with E-state index in [1.54, 1.807) is 11.0 Å². The molecule has 7 heteroatoms. The van der Waals surface area contributed by atoms with Crippen molar-refractivity contribution in [1.82, 2.24) is 0 Å². The van der Waals surface area contributed by atoms with Gasteiger partial charge in [0.2, 0.25) is 11.3 Å². The topological polar surface area (TPSA) is 63.0 Å². The van der Waals surface area contributed by atoms with Crippen LogP contribution in [0.25, 0.3) is 21.4 Å². The standard InChI is InChI=1S/C22H20N2O4S/c1-2-19(26)24-6-5-14-3-4-15(11-17(14)24)16-13-29-22-18(25)12-20(28-21(16)22)23-7-9-27-10-8-23/h2-4,11-13H,1,5-10H2. The zero-order chi connectivity index (χ0) is 20.0. The SMILES string of the molecule is C=CC(=O)N1CCc2ccc(-c3csc4c(=O)cc(N5CCOCC5)oc34)cc21. The molecule has 1 aromatic carbocycles. The minimum Gasteiger partial charge on any atom is -0.439 e. The molecule has 3 aromatic rings. The number of hydrogen-bond acceptors (Lipinski definition) is 6. The highest BCUT2D eigenvalue weighted by Gasteiger charge is 2.24. The highest BCUT2D eigenvalue weighted by molar-refractivity contribution is 7.17. The van der Waals surface area contributed by atoms with E-state index < -0.39 is 0 Å². The average Bonchev–Trinajstić information content (AvgIpc) is 3.38. The second kappa shape index (κ2) is 7.17. The van der Waals surface area contributed by atoms with Crippen LogP contribution in [0.15, 0.2) is 51.5 Å². The van der Waals surface area contributed by atoms with Crippen LogP contribution in [0.5, 0.6) is 0 Å². The van der Waals surface area contributed by atoms with Crippen LogP contribution in [0, 0.1) is 0 Å². The summed E-state index contributed by atoms with van der Waals surface area (Å²) < 4.78 is 12.2. The first-order valence-corrected chi connectivity index (χ1v) is 10.5. The molecule has 0 bridgehead atoms. The van der Waals surface area contributed by atoms with Crippen LogP contribution < -0.4 is 15.2 Å². The van der Waals surface area contributed by atoms with Crippen molar-refractivity contribution in [2.45, 2.75) is 6.42 Å². The number of ether oxygens (including phenoxy) is 1. The number of rotatable bonds is 3. The lowest BCUT2D eigenvalue weighted by atomic mass is 10.0. The average molecular weight is 408 g/mol. The molecule has 1 saturated heterocycles. The summed E-state index contributed by atoms with van der Waals surface area (Å²) in [6.07, 6.45) is 2.17. The van der Waals surface area contributed by atoms with Gasteiger partial charge in [-0.15, -0.1) is 11.3 Å². The van der Waals surface area contributed by atoms with Gasteiger partial charge in [-0.1, -0.05) is 18.7 Å². The van der Waals surface area contributed by atoms with Gasteiger partial charge in [0.05, 0.1) is 13.2 Å². The van der Waals surface area contributed by atoms with Gasteiger partial charge in [-0.05, 0) is 29.7 Å². The Labute approximate surface area is 171 Å². The molecular formula is C22H20N2O4S. The van der Waals surface area contributed by atoms with Crippen molar-refractivity contribution < 1.29 is 13.9 Å². The summed E-state index contributed by atoms with van der Waals surface area (Å²) in [5, 5.41) is 1.95. The predicted molar refractivity (Wildman–Crippen MR) is 115 cm³/mol. The number of thiophene rings is 1. The maximum Gasteiger partial charge on any atom is 0.250 e. The summed E-state index contributed by atoms with van der Waals surface area (Å²) in [4.78, 5) is 28.7. The van der Waals surface area contributed by atoms with Crippen molar-refractivity contribution in [3.63, 3.8) is 0 Å². The molecule has 2 aromatic heterocycles. The minimum atomic E-state index is -0.0998. The van der Waals surface area contributed by atoms with E-state index in [1.807, 2.05) is 22.4 Å². The largest absolute Gasteiger partial charge is 0.439 e.